The molecular formula is C19H22F3N5O2. The van der Waals surface area contributed by atoms with Crippen molar-refractivity contribution >= 4 is 23.3 Å². The van der Waals surface area contributed by atoms with Crippen molar-refractivity contribution in [1.82, 2.24) is 14.7 Å². The standard InChI is InChI=1S/C17H16F3N5O2.C2H6/c18-11-6-10(7-12(19)16(11)20)22-17(27)23-4-5-25-14(9-23)13(8-21-25)24-3-1-2-15(24)26;1-2/h6-8H,1-5,9H2,(H,22,27);1-2H3. The summed E-state index contributed by atoms with van der Waals surface area (Å²) in [6.45, 7) is 5.56. The highest BCUT2D eigenvalue weighted by atomic mass is 19.2. The fourth-order valence-electron chi connectivity index (χ4n) is 3.36. The Morgan fingerprint density at radius 2 is 1.79 bits per heavy atom. The average Bonchev–Trinajstić information content (AvgIpc) is 3.32. The summed E-state index contributed by atoms with van der Waals surface area (Å²) in [4.78, 5) is 27.6. The summed E-state index contributed by atoms with van der Waals surface area (Å²) in [6.07, 6.45) is 2.87. The van der Waals surface area contributed by atoms with E-state index in [9.17, 15) is 22.8 Å². The van der Waals surface area contributed by atoms with Crippen LogP contribution in [0.5, 0.6) is 0 Å². The molecule has 1 fully saturated rings. The third-order valence-corrected chi connectivity index (χ3v) is 4.74. The van der Waals surface area contributed by atoms with Gasteiger partial charge >= 0.3 is 6.03 Å². The van der Waals surface area contributed by atoms with E-state index in [-0.39, 0.29) is 18.1 Å². The van der Waals surface area contributed by atoms with E-state index in [1.807, 2.05) is 13.8 Å². The molecule has 2 aliphatic rings. The number of urea groups is 1. The fraction of sp³-hybridized carbons (Fsp3) is 0.421. The SMILES string of the molecule is CC.O=C(Nc1cc(F)c(F)c(F)c1)N1CCn2ncc(N3CCCC3=O)c2C1. The molecule has 0 bridgehead atoms. The molecule has 0 saturated carbocycles. The lowest BCUT2D eigenvalue weighted by Crippen LogP contribution is -2.41. The number of halogens is 3. The molecule has 0 atom stereocenters. The lowest BCUT2D eigenvalue weighted by molar-refractivity contribution is -0.117. The van der Waals surface area contributed by atoms with Gasteiger partial charge < -0.3 is 15.1 Å². The van der Waals surface area contributed by atoms with E-state index >= 15 is 0 Å². The molecule has 3 amide bonds. The number of hydrogen-bond donors (Lipinski definition) is 1. The molecule has 7 nitrogen and oxygen atoms in total. The first-order chi connectivity index (χ1) is 13.9. The van der Waals surface area contributed by atoms with Crippen LogP contribution in [0.2, 0.25) is 0 Å². The van der Waals surface area contributed by atoms with E-state index in [1.54, 1.807) is 15.8 Å². The zero-order valence-corrected chi connectivity index (χ0v) is 16.2. The van der Waals surface area contributed by atoms with E-state index in [0.717, 1.165) is 24.2 Å². The number of aromatic nitrogens is 2. The molecule has 156 valence electrons. The summed E-state index contributed by atoms with van der Waals surface area (Å²) < 4.78 is 41.4. The van der Waals surface area contributed by atoms with Gasteiger partial charge in [0.05, 0.1) is 30.7 Å². The number of hydrogen-bond acceptors (Lipinski definition) is 3. The Labute approximate surface area is 166 Å². The monoisotopic (exact) mass is 409 g/mol. The number of nitrogens with one attached hydrogen (secondary N) is 1. The van der Waals surface area contributed by atoms with Crippen molar-refractivity contribution in [3.63, 3.8) is 0 Å². The summed E-state index contributed by atoms with van der Waals surface area (Å²) in [7, 11) is 0. The van der Waals surface area contributed by atoms with Crippen LogP contribution in [-0.4, -0.2) is 39.7 Å². The second-order valence-corrected chi connectivity index (χ2v) is 6.45. The molecule has 3 heterocycles. The molecule has 0 spiro atoms. The van der Waals surface area contributed by atoms with Gasteiger partial charge in [0.25, 0.3) is 0 Å². The van der Waals surface area contributed by atoms with Crippen LogP contribution in [0.3, 0.4) is 0 Å². The predicted molar refractivity (Wildman–Crippen MR) is 101 cm³/mol. The van der Waals surface area contributed by atoms with Gasteiger partial charge in [0.2, 0.25) is 5.91 Å². The highest BCUT2D eigenvalue weighted by Crippen LogP contribution is 2.28. The van der Waals surface area contributed by atoms with Crippen molar-refractivity contribution in [1.29, 1.82) is 0 Å². The second kappa shape index (κ2) is 8.54. The molecule has 1 N–H and O–H groups in total. The molecule has 1 aromatic heterocycles. The minimum atomic E-state index is -1.59. The van der Waals surface area contributed by atoms with Crippen LogP contribution in [0.1, 0.15) is 32.4 Å². The third-order valence-electron chi connectivity index (χ3n) is 4.74. The van der Waals surface area contributed by atoms with Crippen LogP contribution in [0.25, 0.3) is 0 Å². The van der Waals surface area contributed by atoms with Gasteiger partial charge in [-0.2, -0.15) is 5.10 Å². The van der Waals surface area contributed by atoms with Gasteiger partial charge in [-0.05, 0) is 6.42 Å². The molecule has 4 rings (SSSR count). The molecular weight excluding hydrogens is 387 g/mol. The first-order valence-electron chi connectivity index (χ1n) is 9.49. The van der Waals surface area contributed by atoms with Gasteiger partial charge in [0.1, 0.15) is 0 Å². The fourth-order valence-corrected chi connectivity index (χ4v) is 3.36. The third kappa shape index (κ3) is 4.06. The topological polar surface area (TPSA) is 70.5 Å². The van der Waals surface area contributed by atoms with Crippen molar-refractivity contribution in [2.45, 2.75) is 39.8 Å². The summed E-state index contributed by atoms with van der Waals surface area (Å²) in [6, 6.07) is 0.865. The van der Waals surface area contributed by atoms with Crippen LogP contribution in [-0.2, 0) is 17.9 Å². The highest BCUT2D eigenvalue weighted by molar-refractivity contribution is 5.96. The van der Waals surface area contributed by atoms with E-state index in [4.69, 9.17) is 0 Å². The van der Waals surface area contributed by atoms with Gasteiger partial charge in [-0.15, -0.1) is 0 Å². The number of anilines is 2. The first kappa shape index (κ1) is 20.7. The number of amides is 3. The average molecular weight is 409 g/mol. The number of carbonyl (C=O) groups excluding carboxylic acids is 2. The number of carbonyl (C=O) groups is 2. The highest BCUT2D eigenvalue weighted by Gasteiger charge is 2.30. The second-order valence-electron chi connectivity index (χ2n) is 6.45. The van der Waals surface area contributed by atoms with Crippen molar-refractivity contribution in [3.05, 3.63) is 41.5 Å². The minimum Gasteiger partial charge on any atom is -0.317 e. The number of rotatable bonds is 2. The molecule has 0 aliphatic carbocycles. The van der Waals surface area contributed by atoms with Gasteiger partial charge in [0.15, 0.2) is 17.5 Å². The van der Waals surface area contributed by atoms with Gasteiger partial charge in [-0.3, -0.25) is 9.48 Å². The lowest BCUT2D eigenvalue weighted by Gasteiger charge is -2.29. The maximum absolute atomic E-state index is 13.3. The van der Waals surface area contributed by atoms with Crippen molar-refractivity contribution in [3.8, 4) is 0 Å². The van der Waals surface area contributed by atoms with Crippen LogP contribution in [0, 0.1) is 17.5 Å². The molecule has 29 heavy (non-hydrogen) atoms. The Morgan fingerprint density at radius 1 is 1.10 bits per heavy atom. The van der Waals surface area contributed by atoms with E-state index < -0.39 is 23.5 Å². The van der Waals surface area contributed by atoms with Crippen LogP contribution in [0.4, 0.5) is 29.3 Å². The molecule has 0 radical (unpaired) electrons. The largest absolute Gasteiger partial charge is 0.322 e. The van der Waals surface area contributed by atoms with Gasteiger partial charge in [-0.25, -0.2) is 18.0 Å². The van der Waals surface area contributed by atoms with Gasteiger partial charge in [-0.1, -0.05) is 13.8 Å². The zero-order valence-electron chi connectivity index (χ0n) is 16.2. The minimum absolute atomic E-state index is 0.0182. The summed E-state index contributed by atoms with van der Waals surface area (Å²) in [5, 5.41) is 6.64. The molecule has 2 aromatic rings. The maximum atomic E-state index is 13.3. The van der Waals surface area contributed by atoms with Crippen molar-refractivity contribution in [2.24, 2.45) is 0 Å². The van der Waals surface area contributed by atoms with Crippen molar-refractivity contribution < 1.29 is 22.8 Å². The normalized spacial score (nSPS) is 15.7. The Morgan fingerprint density at radius 3 is 2.41 bits per heavy atom. The number of fused-ring (bicyclic) bond motifs is 1. The Bertz CT molecular complexity index is 908. The lowest BCUT2D eigenvalue weighted by atomic mass is 10.2. The van der Waals surface area contributed by atoms with Gasteiger partial charge in [0, 0.05) is 37.3 Å². The number of benzene rings is 1. The Balaban J connectivity index is 0.00000117. The molecule has 1 aromatic carbocycles. The van der Waals surface area contributed by atoms with Crippen molar-refractivity contribution in [2.75, 3.05) is 23.3 Å². The van der Waals surface area contributed by atoms with Crippen LogP contribution >= 0.6 is 0 Å². The van der Waals surface area contributed by atoms with E-state index in [1.165, 1.54) is 4.90 Å². The van der Waals surface area contributed by atoms with Crippen LogP contribution in [0.15, 0.2) is 18.3 Å². The van der Waals surface area contributed by atoms with Crippen LogP contribution < -0.4 is 10.2 Å². The van der Waals surface area contributed by atoms with E-state index in [2.05, 4.69) is 10.4 Å². The number of nitrogens with zero attached hydrogens (tertiary/aromatic N) is 4. The van der Waals surface area contributed by atoms with E-state index in [0.29, 0.717) is 31.7 Å². The Kier molecular flexibility index (Phi) is 6.09. The molecule has 2 aliphatic heterocycles. The summed E-state index contributed by atoms with van der Waals surface area (Å²) >= 11 is 0. The molecule has 10 heteroatoms. The zero-order chi connectivity index (χ0) is 21.1. The predicted octanol–water partition coefficient (Wildman–Crippen LogP) is 3.50. The summed E-state index contributed by atoms with van der Waals surface area (Å²) in [5.41, 5.74) is 1.22. The Hall–Kier alpha value is -3.04. The first-order valence-corrected chi connectivity index (χ1v) is 9.49. The maximum Gasteiger partial charge on any atom is 0.322 e. The smallest absolute Gasteiger partial charge is 0.317 e. The molecule has 0 unspecified atom stereocenters. The quantitative estimate of drug-likeness (QED) is 0.772. The summed E-state index contributed by atoms with van der Waals surface area (Å²) in [5.74, 6) is -4.33. The molecule has 1 saturated heterocycles.